The monoisotopic (exact) mass is 286 g/mol. The molecule has 5 heteroatoms. The summed E-state index contributed by atoms with van der Waals surface area (Å²) in [6.07, 6.45) is 2.43. The van der Waals surface area contributed by atoms with Gasteiger partial charge in [0, 0.05) is 12.6 Å². The molecule has 0 saturated heterocycles. The van der Waals surface area contributed by atoms with Crippen LogP contribution in [0.2, 0.25) is 5.02 Å². The number of anilines is 1. The van der Waals surface area contributed by atoms with Gasteiger partial charge in [-0.2, -0.15) is 5.26 Å². The fourth-order valence-corrected chi connectivity index (χ4v) is 1.93. The zero-order valence-corrected chi connectivity index (χ0v) is 11.8. The highest BCUT2D eigenvalue weighted by atomic mass is 35.5. The first-order valence-corrected chi connectivity index (χ1v) is 6.53. The van der Waals surface area contributed by atoms with Crippen molar-refractivity contribution in [3.63, 3.8) is 0 Å². The van der Waals surface area contributed by atoms with E-state index in [1.165, 1.54) is 0 Å². The number of nitrogens with zero attached hydrogens (tertiary/aromatic N) is 1. The highest BCUT2D eigenvalue weighted by Gasteiger charge is 2.15. The van der Waals surface area contributed by atoms with E-state index in [1.807, 2.05) is 13.8 Å². The standard InChI is InChI=1S/C14H17ClF2N2/c1-14(2,9-18)5-3-4-6-19-13-11(15)7-10(16)8-12(13)17/h7-8,19H,3-6H2,1-2H3. The van der Waals surface area contributed by atoms with Crippen LogP contribution in [0.25, 0.3) is 0 Å². The van der Waals surface area contributed by atoms with Gasteiger partial charge in [-0.1, -0.05) is 18.0 Å². The lowest BCUT2D eigenvalue weighted by Crippen LogP contribution is -2.09. The molecule has 0 aliphatic rings. The number of hydrogen-bond acceptors (Lipinski definition) is 2. The van der Waals surface area contributed by atoms with Gasteiger partial charge in [0.25, 0.3) is 0 Å². The van der Waals surface area contributed by atoms with Crippen LogP contribution in [0, 0.1) is 28.4 Å². The van der Waals surface area contributed by atoms with Crippen molar-refractivity contribution in [1.82, 2.24) is 0 Å². The number of benzene rings is 1. The Morgan fingerprint density at radius 2 is 2.00 bits per heavy atom. The summed E-state index contributed by atoms with van der Waals surface area (Å²) in [4.78, 5) is 0. The van der Waals surface area contributed by atoms with Gasteiger partial charge in [-0.25, -0.2) is 8.78 Å². The summed E-state index contributed by atoms with van der Waals surface area (Å²) in [5, 5.41) is 11.8. The molecule has 0 amide bonds. The molecule has 1 aromatic rings. The SMILES string of the molecule is CC(C)(C#N)CCCCNc1c(F)cc(F)cc1Cl. The third-order valence-electron chi connectivity index (χ3n) is 2.84. The van der Waals surface area contributed by atoms with Gasteiger partial charge < -0.3 is 5.32 Å². The van der Waals surface area contributed by atoms with Gasteiger partial charge in [0.15, 0.2) is 5.82 Å². The molecule has 0 aromatic heterocycles. The fourth-order valence-electron chi connectivity index (χ4n) is 1.67. The van der Waals surface area contributed by atoms with Gasteiger partial charge in [-0.3, -0.25) is 0 Å². The third kappa shape index (κ3) is 5.04. The van der Waals surface area contributed by atoms with E-state index >= 15 is 0 Å². The number of hydrogen-bond donors (Lipinski definition) is 1. The van der Waals surface area contributed by atoms with Crippen LogP contribution >= 0.6 is 11.6 Å². The molecule has 0 saturated carbocycles. The Morgan fingerprint density at radius 1 is 1.32 bits per heavy atom. The van der Waals surface area contributed by atoms with Gasteiger partial charge in [-0.05, 0) is 32.8 Å². The second-order valence-corrected chi connectivity index (χ2v) is 5.53. The second-order valence-electron chi connectivity index (χ2n) is 5.12. The average molecular weight is 287 g/mol. The van der Waals surface area contributed by atoms with Gasteiger partial charge in [-0.15, -0.1) is 0 Å². The predicted octanol–water partition coefficient (Wildman–Crippen LogP) is 4.75. The molecule has 0 heterocycles. The van der Waals surface area contributed by atoms with Crippen molar-refractivity contribution in [2.75, 3.05) is 11.9 Å². The molecule has 0 radical (unpaired) electrons. The molecular weight excluding hydrogens is 270 g/mol. The Kier molecular flexibility index (Phi) is 5.56. The van der Waals surface area contributed by atoms with Crippen LogP contribution in [-0.4, -0.2) is 6.54 Å². The summed E-state index contributed by atoms with van der Waals surface area (Å²) in [6.45, 7) is 4.30. The topological polar surface area (TPSA) is 35.8 Å². The average Bonchev–Trinajstić information content (AvgIpc) is 2.31. The third-order valence-corrected chi connectivity index (χ3v) is 3.14. The number of nitriles is 1. The van der Waals surface area contributed by atoms with E-state index in [-0.39, 0.29) is 16.1 Å². The minimum Gasteiger partial charge on any atom is -0.381 e. The molecule has 0 aliphatic heterocycles. The highest BCUT2D eigenvalue weighted by Crippen LogP contribution is 2.26. The van der Waals surface area contributed by atoms with Crippen LogP contribution in [0.1, 0.15) is 33.1 Å². The Morgan fingerprint density at radius 3 is 2.58 bits per heavy atom. The van der Waals surface area contributed by atoms with Crippen LogP contribution in [0.3, 0.4) is 0 Å². The van der Waals surface area contributed by atoms with E-state index in [0.717, 1.165) is 31.4 Å². The molecule has 1 aromatic carbocycles. The molecule has 104 valence electrons. The van der Waals surface area contributed by atoms with Crippen molar-refractivity contribution in [3.05, 3.63) is 28.8 Å². The first kappa shape index (κ1) is 15.7. The number of rotatable bonds is 6. The summed E-state index contributed by atoms with van der Waals surface area (Å²) in [6, 6.07) is 4.10. The van der Waals surface area contributed by atoms with Gasteiger partial charge in [0.05, 0.1) is 22.2 Å². The highest BCUT2D eigenvalue weighted by molar-refractivity contribution is 6.33. The largest absolute Gasteiger partial charge is 0.381 e. The van der Waals surface area contributed by atoms with E-state index in [0.29, 0.717) is 6.54 Å². The van der Waals surface area contributed by atoms with Crippen molar-refractivity contribution in [3.8, 4) is 6.07 Å². The number of halogens is 3. The normalized spacial score (nSPS) is 11.2. The van der Waals surface area contributed by atoms with Gasteiger partial charge in [0.2, 0.25) is 0 Å². The van der Waals surface area contributed by atoms with Crippen molar-refractivity contribution in [2.45, 2.75) is 33.1 Å². The quantitative estimate of drug-likeness (QED) is 0.766. The van der Waals surface area contributed by atoms with Crippen molar-refractivity contribution >= 4 is 17.3 Å². The molecule has 0 aliphatic carbocycles. The molecule has 1 rings (SSSR count). The maximum absolute atomic E-state index is 13.4. The number of nitrogens with one attached hydrogen (secondary N) is 1. The minimum absolute atomic E-state index is 0.0369. The molecule has 0 fully saturated rings. The van der Waals surface area contributed by atoms with E-state index in [4.69, 9.17) is 16.9 Å². The molecular formula is C14H17ClF2N2. The van der Waals surface area contributed by atoms with Crippen molar-refractivity contribution < 1.29 is 8.78 Å². The molecule has 2 nitrogen and oxygen atoms in total. The lowest BCUT2D eigenvalue weighted by molar-refractivity contribution is 0.430. The Hall–Kier alpha value is -1.34. The summed E-state index contributed by atoms with van der Waals surface area (Å²) in [5.74, 6) is -1.38. The molecule has 1 N–H and O–H groups in total. The van der Waals surface area contributed by atoms with Gasteiger partial charge >= 0.3 is 0 Å². The predicted molar refractivity (Wildman–Crippen MR) is 73.1 cm³/mol. The first-order chi connectivity index (χ1) is 8.85. The Bertz CT molecular complexity index is 458. The molecule has 0 unspecified atom stereocenters. The van der Waals surface area contributed by atoms with Gasteiger partial charge in [0.1, 0.15) is 5.82 Å². The maximum Gasteiger partial charge on any atom is 0.150 e. The Labute approximate surface area is 117 Å². The summed E-state index contributed by atoms with van der Waals surface area (Å²) >= 11 is 5.76. The molecule has 0 spiro atoms. The van der Waals surface area contributed by atoms with Crippen molar-refractivity contribution in [1.29, 1.82) is 5.26 Å². The van der Waals surface area contributed by atoms with E-state index in [2.05, 4.69) is 11.4 Å². The number of unbranched alkanes of at least 4 members (excludes halogenated alkanes) is 1. The smallest absolute Gasteiger partial charge is 0.150 e. The maximum atomic E-state index is 13.4. The van der Waals surface area contributed by atoms with Crippen LogP contribution in [0.4, 0.5) is 14.5 Å². The summed E-state index contributed by atoms with van der Waals surface area (Å²) in [5.41, 5.74) is -0.207. The Balaban J connectivity index is 2.41. The van der Waals surface area contributed by atoms with Crippen LogP contribution in [-0.2, 0) is 0 Å². The zero-order valence-electron chi connectivity index (χ0n) is 11.1. The summed E-state index contributed by atoms with van der Waals surface area (Å²) < 4.78 is 26.3. The molecule has 0 bridgehead atoms. The lowest BCUT2D eigenvalue weighted by Gasteiger charge is -2.15. The van der Waals surface area contributed by atoms with E-state index < -0.39 is 11.6 Å². The lowest BCUT2D eigenvalue weighted by atomic mass is 9.89. The van der Waals surface area contributed by atoms with Crippen LogP contribution < -0.4 is 5.32 Å². The van der Waals surface area contributed by atoms with E-state index in [1.54, 1.807) is 0 Å². The van der Waals surface area contributed by atoms with Crippen LogP contribution in [0.15, 0.2) is 12.1 Å². The molecule has 0 atom stereocenters. The van der Waals surface area contributed by atoms with Crippen molar-refractivity contribution in [2.24, 2.45) is 5.41 Å². The molecule has 19 heavy (non-hydrogen) atoms. The fraction of sp³-hybridized carbons (Fsp3) is 0.500. The van der Waals surface area contributed by atoms with Crippen LogP contribution in [0.5, 0.6) is 0 Å². The zero-order chi connectivity index (χ0) is 14.5. The first-order valence-electron chi connectivity index (χ1n) is 6.15. The summed E-state index contributed by atoms with van der Waals surface area (Å²) in [7, 11) is 0. The minimum atomic E-state index is -0.692. The second kappa shape index (κ2) is 6.72. The van der Waals surface area contributed by atoms with E-state index in [9.17, 15) is 8.78 Å².